The van der Waals surface area contributed by atoms with Gasteiger partial charge in [-0.3, -0.25) is 0 Å². The second kappa shape index (κ2) is 9.48. The molecule has 0 bridgehead atoms. The fourth-order valence-electron chi connectivity index (χ4n) is 3.66. The summed E-state index contributed by atoms with van der Waals surface area (Å²) in [5, 5.41) is 16.1. The van der Waals surface area contributed by atoms with E-state index in [1.165, 1.54) is 30.6 Å². The van der Waals surface area contributed by atoms with Gasteiger partial charge in [-0.25, -0.2) is 0 Å². The Hall–Kier alpha value is -1.20. The molecule has 136 valence electrons. The molecule has 1 saturated carbocycles. The summed E-state index contributed by atoms with van der Waals surface area (Å²) in [6.45, 7) is 2.95. The number of nitrogens with one attached hydrogen (secondary N) is 1. The van der Waals surface area contributed by atoms with Crippen molar-refractivity contribution in [2.75, 3.05) is 13.2 Å². The van der Waals surface area contributed by atoms with E-state index in [1.807, 2.05) is 36.5 Å². The van der Waals surface area contributed by atoms with E-state index in [9.17, 15) is 5.11 Å². The van der Waals surface area contributed by atoms with Gasteiger partial charge in [0.2, 0.25) is 0 Å². The molecule has 0 saturated heterocycles. The van der Waals surface area contributed by atoms with Gasteiger partial charge in [0, 0.05) is 17.5 Å². The topological polar surface area (TPSA) is 41.5 Å². The number of aliphatic hydroxyl groups excluding tert-OH is 1. The molecule has 1 heterocycles. The van der Waals surface area contributed by atoms with Crippen molar-refractivity contribution >= 4 is 11.3 Å². The van der Waals surface area contributed by atoms with Crippen LogP contribution in [0.2, 0.25) is 0 Å². The van der Waals surface area contributed by atoms with Crippen molar-refractivity contribution in [2.45, 2.75) is 50.9 Å². The Morgan fingerprint density at radius 3 is 2.60 bits per heavy atom. The fraction of sp³-hybridized carbons (Fsp3) is 0.524. The fourth-order valence-corrected chi connectivity index (χ4v) is 4.55. The van der Waals surface area contributed by atoms with Crippen molar-refractivity contribution in [2.24, 2.45) is 5.92 Å². The van der Waals surface area contributed by atoms with Crippen molar-refractivity contribution in [1.82, 2.24) is 5.32 Å². The first-order valence-electron chi connectivity index (χ1n) is 9.35. The number of benzene rings is 1. The van der Waals surface area contributed by atoms with Crippen LogP contribution in [0.4, 0.5) is 0 Å². The molecule has 3 rings (SSSR count). The number of rotatable bonds is 9. The zero-order valence-electron chi connectivity index (χ0n) is 14.9. The highest BCUT2D eigenvalue weighted by Crippen LogP contribution is 2.37. The van der Waals surface area contributed by atoms with Crippen molar-refractivity contribution in [3.8, 4) is 0 Å². The quantitative estimate of drug-likeness (QED) is 0.681. The molecule has 1 aliphatic carbocycles. The number of hydrogen-bond donors (Lipinski definition) is 2. The van der Waals surface area contributed by atoms with E-state index in [-0.39, 0.29) is 6.10 Å². The highest BCUT2D eigenvalue weighted by Gasteiger charge is 2.27. The summed E-state index contributed by atoms with van der Waals surface area (Å²) in [7, 11) is 0. The van der Waals surface area contributed by atoms with Crippen LogP contribution in [-0.2, 0) is 4.74 Å². The molecule has 25 heavy (non-hydrogen) atoms. The predicted octanol–water partition coefficient (Wildman–Crippen LogP) is 4.71. The second-order valence-electron chi connectivity index (χ2n) is 6.99. The maximum Gasteiger partial charge on any atom is 0.0898 e. The first-order valence-corrected chi connectivity index (χ1v) is 10.2. The Morgan fingerprint density at radius 1 is 1.16 bits per heavy atom. The largest absolute Gasteiger partial charge is 0.389 e. The maximum absolute atomic E-state index is 10.4. The third-order valence-corrected chi connectivity index (χ3v) is 6.06. The summed E-state index contributed by atoms with van der Waals surface area (Å²) in [4.78, 5) is 1.39. The summed E-state index contributed by atoms with van der Waals surface area (Å²) in [6.07, 6.45) is 4.73. The van der Waals surface area contributed by atoms with Crippen LogP contribution < -0.4 is 5.32 Å². The Kier molecular flexibility index (Phi) is 7.05. The van der Waals surface area contributed by atoms with E-state index in [4.69, 9.17) is 4.74 Å². The number of aliphatic hydroxyl groups is 1. The minimum absolute atomic E-state index is 0.00113. The average Bonchev–Trinajstić information content (AvgIpc) is 3.35. The van der Waals surface area contributed by atoms with Crippen molar-refractivity contribution in [3.05, 3.63) is 58.3 Å². The molecular formula is C21H29NO2S. The lowest BCUT2D eigenvalue weighted by Crippen LogP contribution is -2.35. The van der Waals surface area contributed by atoms with E-state index in [1.54, 1.807) is 0 Å². The molecule has 2 aromatic rings. The molecule has 2 N–H and O–H groups in total. The van der Waals surface area contributed by atoms with Crippen LogP contribution in [0.3, 0.4) is 0 Å². The molecular weight excluding hydrogens is 330 g/mol. The smallest absolute Gasteiger partial charge is 0.0898 e. The molecule has 1 aromatic carbocycles. The molecule has 0 spiro atoms. The predicted molar refractivity (Wildman–Crippen MR) is 104 cm³/mol. The van der Waals surface area contributed by atoms with Crippen molar-refractivity contribution in [3.63, 3.8) is 0 Å². The first-order chi connectivity index (χ1) is 12.2. The van der Waals surface area contributed by atoms with Gasteiger partial charge in [-0.2, -0.15) is 0 Å². The Morgan fingerprint density at radius 2 is 1.92 bits per heavy atom. The normalized spacial score (nSPS) is 19.0. The van der Waals surface area contributed by atoms with Gasteiger partial charge >= 0.3 is 0 Å². The minimum atomic E-state index is -0.491. The van der Waals surface area contributed by atoms with Gasteiger partial charge in [0.05, 0.1) is 18.8 Å². The van der Waals surface area contributed by atoms with Gasteiger partial charge in [-0.15, -0.1) is 11.3 Å². The minimum Gasteiger partial charge on any atom is -0.389 e. The van der Waals surface area contributed by atoms with E-state index in [0.717, 1.165) is 5.56 Å². The molecule has 4 heteroatoms. The molecule has 3 unspecified atom stereocenters. The third-order valence-electron chi connectivity index (χ3n) is 5.10. The molecule has 0 radical (unpaired) electrons. The monoisotopic (exact) mass is 359 g/mol. The zero-order valence-corrected chi connectivity index (χ0v) is 15.8. The van der Waals surface area contributed by atoms with Crippen molar-refractivity contribution in [1.29, 1.82) is 0 Å². The maximum atomic E-state index is 10.4. The lowest BCUT2D eigenvalue weighted by atomic mass is 9.96. The lowest BCUT2D eigenvalue weighted by molar-refractivity contribution is -0.00351. The highest BCUT2D eigenvalue weighted by molar-refractivity contribution is 7.10. The van der Waals surface area contributed by atoms with Crippen LogP contribution in [0.15, 0.2) is 47.8 Å². The number of thiophene rings is 1. The van der Waals surface area contributed by atoms with Crippen molar-refractivity contribution < 1.29 is 9.84 Å². The van der Waals surface area contributed by atoms with Crippen LogP contribution in [0.1, 0.15) is 55.2 Å². The Balaban J connectivity index is 1.47. The van der Waals surface area contributed by atoms with Gasteiger partial charge < -0.3 is 15.2 Å². The van der Waals surface area contributed by atoms with E-state index < -0.39 is 6.10 Å². The van der Waals surface area contributed by atoms with Crippen LogP contribution in [-0.4, -0.2) is 24.4 Å². The average molecular weight is 360 g/mol. The summed E-state index contributed by atoms with van der Waals surface area (Å²) in [6, 6.07) is 14.8. The zero-order chi connectivity index (χ0) is 17.5. The molecule has 0 amide bonds. The Labute approximate surface area is 155 Å². The molecule has 1 aliphatic rings. The molecule has 0 aliphatic heterocycles. The number of hydrogen-bond acceptors (Lipinski definition) is 4. The van der Waals surface area contributed by atoms with Crippen LogP contribution in [0.5, 0.6) is 0 Å². The van der Waals surface area contributed by atoms with Crippen LogP contribution >= 0.6 is 11.3 Å². The van der Waals surface area contributed by atoms with Crippen LogP contribution in [0.25, 0.3) is 0 Å². The van der Waals surface area contributed by atoms with Gasteiger partial charge in [0.25, 0.3) is 0 Å². The van der Waals surface area contributed by atoms with Gasteiger partial charge in [0.1, 0.15) is 0 Å². The van der Waals surface area contributed by atoms with E-state index in [0.29, 0.717) is 25.1 Å². The third kappa shape index (κ3) is 5.38. The number of ether oxygens (including phenoxy) is 1. The Bertz CT molecular complexity index is 596. The van der Waals surface area contributed by atoms with Gasteiger partial charge in [-0.1, -0.05) is 49.2 Å². The summed E-state index contributed by atoms with van der Waals surface area (Å²) >= 11 is 1.81. The summed E-state index contributed by atoms with van der Waals surface area (Å²) in [5.41, 5.74) is 1.14. The molecule has 3 nitrogen and oxygen atoms in total. The molecule has 3 atom stereocenters. The standard InChI is InChI=1S/C21H29NO2S/c1-16(17-8-3-2-4-9-17)24-15-19(23)14-22-21(18-10-5-6-11-18)20-12-7-13-25-20/h2-4,7-9,12-13,16,18-19,21-23H,5-6,10-11,14-15H2,1H3. The van der Waals surface area contributed by atoms with E-state index >= 15 is 0 Å². The highest BCUT2D eigenvalue weighted by atomic mass is 32.1. The van der Waals surface area contributed by atoms with Crippen LogP contribution in [0, 0.1) is 5.92 Å². The SMILES string of the molecule is CC(OCC(O)CNC(c1cccs1)C1CCCC1)c1ccccc1. The molecule has 1 fully saturated rings. The summed E-state index contributed by atoms with van der Waals surface area (Å²) < 4.78 is 5.85. The lowest BCUT2D eigenvalue weighted by Gasteiger charge is -2.25. The second-order valence-corrected chi connectivity index (χ2v) is 7.97. The molecule has 1 aromatic heterocycles. The van der Waals surface area contributed by atoms with Gasteiger partial charge in [-0.05, 0) is 42.7 Å². The van der Waals surface area contributed by atoms with Gasteiger partial charge in [0.15, 0.2) is 0 Å². The van der Waals surface area contributed by atoms with E-state index in [2.05, 4.69) is 35.0 Å². The summed E-state index contributed by atoms with van der Waals surface area (Å²) in [5.74, 6) is 0.690. The first kappa shape index (κ1) is 18.6.